The molecule has 0 spiro atoms. The van der Waals surface area contributed by atoms with Gasteiger partial charge in [0.25, 0.3) is 0 Å². The average molecular weight is 344 g/mol. The summed E-state index contributed by atoms with van der Waals surface area (Å²) in [4.78, 5) is 14.3. The van der Waals surface area contributed by atoms with Crippen LogP contribution in [0, 0.1) is 5.82 Å². The summed E-state index contributed by atoms with van der Waals surface area (Å²) in [6.07, 6.45) is 0.924. The van der Waals surface area contributed by atoms with Crippen LogP contribution >= 0.6 is 0 Å². The fraction of sp³-hybridized carbons (Fsp3) is 0.350. The van der Waals surface area contributed by atoms with E-state index in [0.717, 1.165) is 17.7 Å². The number of carbonyl (C=O) groups is 1. The lowest BCUT2D eigenvalue weighted by Crippen LogP contribution is -2.32. The third-order valence-corrected chi connectivity index (χ3v) is 4.06. The zero-order valence-electron chi connectivity index (χ0n) is 15.0. The molecule has 0 aliphatic carbocycles. The highest BCUT2D eigenvalue weighted by Gasteiger charge is 2.12. The first-order valence-electron chi connectivity index (χ1n) is 8.49. The smallest absolute Gasteiger partial charge is 0.238 e. The SMILES string of the molecule is CCc1cccc(NC(=O)CN(CC)Cc2ccc(OC)c(F)c2)c1. The molecule has 0 aromatic heterocycles. The Morgan fingerprint density at radius 2 is 1.96 bits per heavy atom. The molecule has 25 heavy (non-hydrogen) atoms. The molecule has 0 unspecified atom stereocenters. The number of hydrogen-bond donors (Lipinski definition) is 1. The second kappa shape index (κ2) is 9.18. The second-order valence-electron chi connectivity index (χ2n) is 5.87. The summed E-state index contributed by atoms with van der Waals surface area (Å²) >= 11 is 0. The van der Waals surface area contributed by atoms with Crippen LogP contribution in [0.3, 0.4) is 0 Å². The minimum atomic E-state index is -0.392. The molecule has 5 heteroatoms. The van der Waals surface area contributed by atoms with Gasteiger partial charge in [0.15, 0.2) is 11.6 Å². The lowest BCUT2D eigenvalue weighted by molar-refractivity contribution is -0.117. The Morgan fingerprint density at radius 3 is 2.60 bits per heavy atom. The summed E-state index contributed by atoms with van der Waals surface area (Å²) in [5.41, 5.74) is 2.79. The van der Waals surface area contributed by atoms with Gasteiger partial charge in [-0.25, -0.2) is 4.39 Å². The highest BCUT2D eigenvalue weighted by Crippen LogP contribution is 2.18. The first-order chi connectivity index (χ1) is 12.0. The number of benzene rings is 2. The van der Waals surface area contributed by atoms with Crippen LogP contribution in [0.25, 0.3) is 0 Å². The van der Waals surface area contributed by atoms with Crippen LogP contribution in [0.4, 0.5) is 10.1 Å². The topological polar surface area (TPSA) is 41.6 Å². The molecule has 1 amide bonds. The molecular formula is C20H25FN2O2. The lowest BCUT2D eigenvalue weighted by Gasteiger charge is -2.20. The maximum atomic E-state index is 13.8. The molecule has 2 aromatic rings. The van der Waals surface area contributed by atoms with Crippen LogP contribution < -0.4 is 10.1 Å². The number of halogens is 1. The third kappa shape index (κ3) is 5.57. The quantitative estimate of drug-likeness (QED) is 0.791. The standard InChI is InChI=1S/C20H25FN2O2/c1-4-15-7-6-8-17(11-15)22-20(24)14-23(5-2)13-16-9-10-19(25-3)18(21)12-16/h6-12H,4-5,13-14H2,1-3H3,(H,22,24). The molecule has 1 N–H and O–H groups in total. The van der Waals surface area contributed by atoms with E-state index in [1.807, 2.05) is 42.2 Å². The Balaban J connectivity index is 1.96. The Kier molecular flexibility index (Phi) is 6.95. The van der Waals surface area contributed by atoms with E-state index >= 15 is 0 Å². The Morgan fingerprint density at radius 1 is 1.16 bits per heavy atom. The maximum absolute atomic E-state index is 13.8. The molecule has 2 rings (SSSR count). The molecule has 0 atom stereocenters. The van der Waals surface area contributed by atoms with Crippen LogP contribution in [0.15, 0.2) is 42.5 Å². The van der Waals surface area contributed by atoms with Gasteiger partial charge in [-0.1, -0.05) is 32.0 Å². The molecule has 0 heterocycles. The largest absolute Gasteiger partial charge is 0.494 e. The van der Waals surface area contributed by atoms with E-state index < -0.39 is 5.82 Å². The molecule has 134 valence electrons. The summed E-state index contributed by atoms with van der Waals surface area (Å²) in [5, 5.41) is 2.92. The number of methoxy groups -OCH3 is 1. The minimum Gasteiger partial charge on any atom is -0.494 e. The number of nitrogens with one attached hydrogen (secondary N) is 1. The highest BCUT2D eigenvalue weighted by molar-refractivity contribution is 5.92. The normalized spacial score (nSPS) is 10.8. The Bertz CT molecular complexity index is 719. The van der Waals surface area contributed by atoms with Crippen molar-refractivity contribution >= 4 is 11.6 Å². The van der Waals surface area contributed by atoms with Crippen LogP contribution in [0.5, 0.6) is 5.75 Å². The molecule has 0 aliphatic rings. The van der Waals surface area contributed by atoms with E-state index in [2.05, 4.69) is 12.2 Å². The van der Waals surface area contributed by atoms with Gasteiger partial charge in [-0.2, -0.15) is 0 Å². The van der Waals surface area contributed by atoms with Gasteiger partial charge in [-0.3, -0.25) is 9.69 Å². The predicted octanol–water partition coefficient (Wildman–Crippen LogP) is 3.86. The summed E-state index contributed by atoms with van der Waals surface area (Å²) in [7, 11) is 1.44. The van der Waals surface area contributed by atoms with Crippen molar-refractivity contribution in [3.8, 4) is 5.75 Å². The van der Waals surface area contributed by atoms with E-state index in [1.165, 1.54) is 18.7 Å². The molecule has 4 nitrogen and oxygen atoms in total. The number of rotatable bonds is 8. The fourth-order valence-electron chi connectivity index (χ4n) is 2.62. The highest BCUT2D eigenvalue weighted by atomic mass is 19.1. The number of aryl methyl sites for hydroxylation is 1. The van der Waals surface area contributed by atoms with E-state index in [1.54, 1.807) is 6.07 Å². The summed E-state index contributed by atoms with van der Waals surface area (Å²) in [6, 6.07) is 12.7. The van der Waals surface area contributed by atoms with Gasteiger partial charge >= 0.3 is 0 Å². The van der Waals surface area contributed by atoms with E-state index in [9.17, 15) is 9.18 Å². The zero-order chi connectivity index (χ0) is 18.2. The van der Waals surface area contributed by atoms with Gasteiger partial charge in [0.2, 0.25) is 5.91 Å². The first-order valence-corrected chi connectivity index (χ1v) is 8.49. The molecule has 0 saturated carbocycles. The summed E-state index contributed by atoms with van der Waals surface area (Å²) in [5.74, 6) is -0.249. The minimum absolute atomic E-state index is 0.0795. The predicted molar refractivity (Wildman–Crippen MR) is 98.4 cm³/mol. The van der Waals surface area contributed by atoms with E-state index in [-0.39, 0.29) is 18.2 Å². The number of nitrogens with zero attached hydrogens (tertiary/aromatic N) is 1. The van der Waals surface area contributed by atoms with Crippen molar-refractivity contribution in [1.29, 1.82) is 0 Å². The van der Waals surface area contributed by atoms with Crippen molar-refractivity contribution in [2.24, 2.45) is 0 Å². The molecular weight excluding hydrogens is 319 g/mol. The van der Waals surface area contributed by atoms with E-state index in [0.29, 0.717) is 13.1 Å². The van der Waals surface area contributed by atoms with Crippen LogP contribution in [-0.2, 0) is 17.8 Å². The molecule has 0 radical (unpaired) electrons. The fourth-order valence-corrected chi connectivity index (χ4v) is 2.62. The summed E-state index contributed by atoms with van der Waals surface area (Å²) in [6.45, 7) is 5.50. The van der Waals surface area contributed by atoms with Gasteiger partial charge < -0.3 is 10.1 Å². The molecule has 0 bridgehead atoms. The van der Waals surface area contributed by atoms with Gasteiger partial charge in [0.1, 0.15) is 0 Å². The van der Waals surface area contributed by atoms with Crippen molar-refractivity contribution in [3.63, 3.8) is 0 Å². The summed E-state index contributed by atoms with van der Waals surface area (Å²) < 4.78 is 18.7. The molecule has 0 aliphatic heterocycles. The zero-order valence-corrected chi connectivity index (χ0v) is 15.0. The second-order valence-corrected chi connectivity index (χ2v) is 5.87. The van der Waals surface area contributed by atoms with Gasteiger partial charge in [0.05, 0.1) is 13.7 Å². The van der Waals surface area contributed by atoms with Crippen molar-refractivity contribution in [1.82, 2.24) is 4.90 Å². The van der Waals surface area contributed by atoms with Crippen LogP contribution in [0.1, 0.15) is 25.0 Å². The number of ether oxygens (including phenoxy) is 1. The molecule has 0 fully saturated rings. The Hall–Kier alpha value is -2.40. The molecule has 0 saturated heterocycles. The van der Waals surface area contributed by atoms with Crippen molar-refractivity contribution < 1.29 is 13.9 Å². The monoisotopic (exact) mass is 344 g/mol. The average Bonchev–Trinajstić information content (AvgIpc) is 2.61. The Labute approximate surface area is 148 Å². The maximum Gasteiger partial charge on any atom is 0.238 e. The number of likely N-dealkylation sites (N-methyl/N-ethyl adjacent to an activating group) is 1. The number of anilines is 1. The third-order valence-electron chi connectivity index (χ3n) is 4.06. The number of amides is 1. The van der Waals surface area contributed by atoms with Crippen molar-refractivity contribution in [2.45, 2.75) is 26.8 Å². The van der Waals surface area contributed by atoms with Gasteiger partial charge in [-0.05, 0) is 48.4 Å². The first kappa shape index (κ1) is 18.9. The van der Waals surface area contributed by atoms with Crippen molar-refractivity contribution in [3.05, 3.63) is 59.4 Å². The van der Waals surface area contributed by atoms with Gasteiger partial charge in [0, 0.05) is 12.2 Å². The number of carbonyl (C=O) groups excluding carboxylic acids is 1. The molecule has 2 aromatic carbocycles. The van der Waals surface area contributed by atoms with Crippen LogP contribution in [0.2, 0.25) is 0 Å². The lowest BCUT2D eigenvalue weighted by atomic mass is 10.1. The van der Waals surface area contributed by atoms with Crippen molar-refractivity contribution in [2.75, 3.05) is 25.5 Å². The van der Waals surface area contributed by atoms with E-state index in [4.69, 9.17) is 4.74 Å². The van der Waals surface area contributed by atoms with Gasteiger partial charge in [-0.15, -0.1) is 0 Å². The van der Waals surface area contributed by atoms with Crippen LogP contribution in [-0.4, -0.2) is 31.0 Å². The number of hydrogen-bond acceptors (Lipinski definition) is 3.